The van der Waals surface area contributed by atoms with Crippen LogP contribution in [0.5, 0.6) is 0 Å². The Balaban J connectivity index is 1.92. The minimum Gasteiger partial charge on any atom is -0.369 e. The Bertz CT molecular complexity index is 607. The molecule has 1 atom stereocenters. The van der Waals surface area contributed by atoms with Crippen LogP contribution < -0.4 is 10.6 Å². The van der Waals surface area contributed by atoms with Gasteiger partial charge in [-0.25, -0.2) is 0 Å². The fourth-order valence-electron chi connectivity index (χ4n) is 2.48. The Kier molecular flexibility index (Phi) is 3.65. The van der Waals surface area contributed by atoms with Gasteiger partial charge in [0.2, 0.25) is 0 Å². The topological polar surface area (TPSA) is 41.6 Å². The first kappa shape index (κ1) is 13.1. The summed E-state index contributed by atoms with van der Waals surface area (Å²) >= 11 is 1.75. The van der Waals surface area contributed by atoms with Gasteiger partial charge in [0.1, 0.15) is 0 Å². The second-order valence-electron chi connectivity index (χ2n) is 4.69. The normalized spacial score (nSPS) is 18.1. The molecule has 0 aliphatic carbocycles. The molecule has 0 saturated carbocycles. The number of para-hydroxylation sites is 1. The molecular weight excluding hydrogens is 266 g/mol. The maximum atomic E-state index is 6.07. The van der Waals surface area contributed by atoms with E-state index in [1.54, 1.807) is 11.8 Å². The molecule has 0 fully saturated rings. The van der Waals surface area contributed by atoms with Gasteiger partial charge in [-0.3, -0.25) is 4.99 Å². The fraction of sp³-hybridized carbons (Fsp3) is 0.188. The number of aliphatic imine (C=N–C) groups is 1. The van der Waals surface area contributed by atoms with Gasteiger partial charge in [-0.05, 0) is 36.1 Å². The molecule has 3 rings (SSSR count). The van der Waals surface area contributed by atoms with Crippen LogP contribution in [-0.2, 0) is 0 Å². The van der Waals surface area contributed by atoms with E-state index in [0.29, 0.717) is 12.5 Å². The van der Waals surface area contributed by atoms with Crippen LogP contribution >= 0.6 is 11.8 Å². The van der Waals surface area contributed by atoms with E-state index in [4.69, 9.17) is 5.73 Å². The Hall–Kier alpha value is -1.94. The number of hydrogen-bond donors (Lipinski definition) is 1. The summed E-state index contributed by atoms with van der Waals surface area (Å²) < 4.78 is 0. The second-order valence-corrected chi connectivity index (χ2v) is 5.57. The SMILES string of the molecule is CSc1ccc(C2CN=C(N)N2c2ccccc2)cc1. The molecule has 1 aliphatic rings. The van der Waals surface area contributed by atoms with E-state index in [0.717, 1.165) is 5.69 Å². The predicted octanol–water partition coefficient (Wildman–Crippen LogP) is 3.28. The van der Waals surface area contributed by atoms with Crippen LogP contribution in [0.25, 0.3) is 0 Å². The van der Waals surface area contributed by atoms with Gasteiger partial charge < -0.3 is 10.6 Å². The second kappa shape index (κ2) is 5.59. The van der Waals surface area contributed by atoms with E-state index in [1.807, 2.05) is 18.2 Å². The van der Waals surface area contributed by atoms with Crippen LogP contribution in [0.1, 0.15) is 11.6 Å². The minimum atomic E-state index is 0.188. The lowest BCUT2D eigenvalue weighted by Crippen LogP contribution is -2.36. The summed E-state index contributed by atoms with van der Waals surface area (Å²) in [6.45, 7) is 0.708. The molecule has 0 aromatic heterocycles. The molecule has 2 aromatic carbocycles. The Morgan fingerprint density at radius 2 is 1.80 bits per heavy atom. The van der Waals surface area contributed by atoms with Crippen LogP contribution in [0.15, 0.2) is 64.5 Å². The van der Waals surface area contributed by atoms with Crippen molar-refractivity contribution in [2.24, 2.45) is 10.7 Å². The van der Waals surface area contributed by atoms with E-state index in [1.165, 1.54) is 10.5 Å². The lowest BCUT2D eigenvalue weighted by atomic mass is 10.1. The summed E-state index contributed by atoms with van der Waals surface area (Å²) in [6, 6.07) is 19.0. The molecule has 20 heavy (non-hydrogen) atoms. The molecule has 0 radical (unpaired) electrons. The molecule has 0 saturated heterocycles. The van der Waals surface area contributed by atoms with Gasteiger partial charge in [0, 0.05) is 10.6 Å². The first-order valence-corrected chi connectivity index (χ1v) is 7.80. The van der Waals surface area contributed by atoms with Crippen molar-refractivity contribution in [2.45, 2.75) is 10.9 Å². The van der Waals surface area contributed by atoms with Crippen molar-refractivity contribution in [3.05, 3.63) is 60.2 Å². The van der Waals surface area contributed by atoms with Gasteiger partial charge in [-0.1, -0.05) is 30.3 Å². The molecule has 0 amide bonds. The lowest BCUT2D eigenvalue weighted by molar-refractivity contribution is 0.768. The molecule has 2 N–H and O–H groups in total. The van der Waals surface area contributed by atoms with Crippen molar-refractivity contribution in [1.82, 2.24) is 0 Å². The number of hydrogen-bond acceptors (Lipinski definition) is 4. The van der Waals surface area contributed by atoms with E-state index in [-0.39, 0.29) is 6.04 Å². The minimum absolute atomic E-state index is 0.188. The Morgan fingerprint density at radius 1 is 1.10 bits per heavy atom. The van der Waals surface area contributed by atoms with Gasteiger partial charge in [0.05, 0.1) is 12.6 Å². The van der Waals surface area contributed by atoms with Crippen LogP contribution in [0.2, 0.25) is 0 Å². The number of thioether (sulfide) groups is 1. The van der Waals surface area contributed by atoms with Crippen molar-refractivity contribution in [2.75, 3.05) is 17.7 Å². The highest BCUT2D eigenvalue weighted by atomic mass is 32.2. The molecule has 1 aliphatic heterocycles. The monoisotopic (exact) mass is 283 g/mol. The van der Waals surface area contributed by atoms with Gasteiger partial charge in [0.25, 0.3) is 0 Å². The highest BCUT2D eigenvalue weighted by molar-refractivity contribution is 7.98. The van der Waals surface area contributed by atoms with E-state index < -0.39 is 0 Å². The number of anilines is 1. The summed E-state index contributed by atoms with van der Waals surface area (Å²) in [5.74, 6) is 0.593. The third kappa shape index (κ3) is 2.39. The lowest BCUT2D eigenvalue weighted by Gasteiger charge is -2.26. The van der Waals surface area contributed by atoms with E-state index in [9.17, 15) is 0 Å². The Labute approximate surface area is 123 Å². The van der Waals surface area contributed by atoms with E-state index in [2.05, 4.69) is 52.5 Å². The zero-order valence-corrected chi connectivity index (χ0v) is 12.2. The van der Waals surface area contributed by atoms with Crippen molar-refractivity contribution in [3.8, 4) is 0 Å². The standard InChI is InChI=1S/C16H17N3S/c1-20-14-9-7-12(8-10-14)15-11-18-16(17)19(15)13-5-3-2-4-6-13/h2-10,15H,11H2,1H3,(H2,17,18). The largest absolute Gasteiger partial charge is 0.369 e. The molecule has 0 spiro atoms. The van der Waals surface area contributed by atoms with Crippen LogP contribution in [0, 0.1) is 0 Å². The summed E-state index contributed by atoms with van der Waals surface area (Å²) in [5.41, 5.74) is 8.40. The molecular formula is C16H17N3S. The number of rotatable bonds is 3. The summed E-state index contributed by atoms with van der Waals surface area (Å²) in [4.78, 5) is 7.79. The molecule has 1 unspecified atom stereocenters. The first-order chi connectivity index (χ1) is 9.79. The van der Waals surface area contributed by atoms with Gasteiger partial charge in [-0.15, -0.1) is 11.8 Å². The molecule has 4 heteroatoms. The number of nitrogens with zero attached hydrogens (tertiary/aromatic N) is 2. The zero-order valence-electron chi connectivity index (χ0n) is 11.4. The maximum absolute atomic E-state index is 6.07. The smallest absolute Gasteiger partial charge is 0.196 e. The average molecular weight is 283 g/mol. The number of benzene rings is 2. The highest BCUT2D eigenvalue weighted by Crippen LogP contribution is 2.31. The molecule has 1 heterocycles. The van der Waals surface area contributed by atoms with Gasteiger partial charge in [0.15, 0.2) is 5.96 Å². The van der Waals surface area contributed by atoms with Crippen LogP contribution in [-0.4, -0.2) is 18.8 Å². The molecule has 102 valence electrons. The molecule has 2 aromatic rings. The van der Waals surface area contributed by atoms with E-state index >= 15 is 0 Å². The fourth-order valence-corrected chi connectivity index (χ4v) is 2.89. The first-order valence-electron chi connectivity index (χ1n) is 6.58. The summed E-state index contributed by atoms with van der Waals surface area (Å²) in [7, 11) is 0. The number of guanidine groups is 1. The zero-order chi connectivity index (χ0) is 13.9. The van der Waals surface area contributed by atoms with Crippen molar-refractivity contribution >= 4 is 23.4 Å². The van der Waals surface area contributed by atoms with Gasteiger partial charge in [-0.2, -0.15) is 0 Å². The predicted molar refractivity (Wildman–Crippen MR) is 86.4 cm³/mol. The summed E-state index contributed by atoms with van der Waals surface area (Å²) in [5, 5.41) is 0. The van der Waals surface area contributed by atoms with Crippen LogP contribution in [0.4, 0.5) is 5.69 Å². The van der Waals surface area contributed by atoms with Crippen LogP contribution in [0.3, 0.4) is 0 Å². The third-order valence-electron chi connectivity index (χ3n) is 3.52. The quantitative estimate of drug-likeness (QED) is 0.879. The van der Waals surface area contributed by atoms with Crippen molar-refractivity contribution < 1.29 is 0 Å². The van der Waals surface area contributed by atoms with Crippen molar-refractivity contribution in [1.29, 1.82) is 0 Å². The maximum Gasteiger partial charge on any atom is 0.196 e. The average Bonchev–Trinajstić information content (AvgIpc) is 2.90. The molecule has 3 nitrogen and oxygen atoms in total. The third-order valence-corrected chi connectivity index (χ3v) is 4.26. The Morgan fingerprint density at radius 3 is 2.45 bits per heavy atom. The summed E-state index contributed by atoms with van der Waals surface area (Å²) in [6.07, 6.45) is 2.09. The molecule has 0 bridgehead atoms. The van der Waals surface area contributed by atoms with Gasteiger partial charge >= 0.3 is 0 Å². The van der Waals surface area contributed by atoms with Crippen molar-refractivity contribution in [3.63, 3.8) is 0 Å². The highest BCUT2D eigenvalue weighted by Gasteiger charge is 2.28. The number of nitrogens with two attached hydrogens (primary N) is 1.